The fourth-order valence-corrected chi connectivity index (χ4v) is 2.38. The highest BCUT2D eigenvalue weighted by Gasteiger charge is 2.12. The van der Waals surface area contributed by atoms with Crippen molar-refractivity contribution < 1.29 is 13.9 Å². The van der Waals surface area contributed by atoms with Crippen molar-refractivity contribution in [3.63, 3.8) is 0 Å². The number of esters is 1. The second-order valence-electron chi connectivity index (χ2n) is 3.36. The van der Waals surface area contributed by atoms with Gasteiger partial charge in [0.15, 0.2) is 0 Å². The van der Waals surface area contributed by atoms with Gasteiger partial charge in [-0.25, -0.2) is 9.18 Å². The molecule has 0 aliphatic rings. The molecule has 0 spiro atoms. The molecule has 2 aromatic rings. The monoisotopic (exact) mass is 250 g/mol. The molecule has 0 radical (unpaired) electrons. The Morgan fingerprint density at radius 3 is 2.76 bits per heavy atom. The smallest absolute Gasteiger partial charge is 0.348 e. The van der Waals surface area contributed by atoms with Gasteiger partial charge in [-0.1, -0.05) is 18.2 Å². The molecule has 88 valence electrons. The standard InChI is InChI=1S/C13H11FO2S/c1-2-16-13(15)12-8-7-11(17-12)9-5-3-4-6-10(9)14/h3-8H,2H2,1H3. The number of carbonyl (C=O) groups excluding carboxylic acids is 1. The van der Waals surface area contributed by atoms with Crippen LogP contribution in [-0.4, -0.2) is 12.6 Å². The molecule has 2 rings (SSSR count). The van der Waals surface area contributed by atoms with Gasteiger partial charge in [0.05, 0.1) is 6.61 Å². The highest BCUT2D eigenvalue weighted by Crippen LogP contribution is 2.30. The van der Waals surface area contributed by atoms with E-state index in [0.717, 1.165) is 4.88 Å². The Kier molecular flexibility index (Phi) is 3.54. The van der Waals surface area contributed by atoms with Crippen LogP contribution in [0, 0.1) is 5.82 Å². The normalized spacial score (nSPS) is 10.2. The lowest BCUT2D eigenvalue weighted by molar-refractivity contribution is 0.0532. The first-order chi connectivity index (χ1) is 8.22. The van der Waals surface area contributed by atoms with E-state index in [1.807, 2.05) is 0 Å². The highest BCUT2D eigenvalue weighted by molar-refractivity contribution is 7.17. The van der Waals surface area contributed by atoms with Crippen LogP contribution in [0.1, 0.15) is 16.6 Å². The number of thiophene rings is 1. The third kappa shape index (κ3) is 2.53. The molecule has 0 atom stereocenters. The van der Waals surface area contributed by atoms with Crippen molar-refractivity contribution in [1.29, 1.82) is 0 Å². The van der Waals surface area contributed by atoms with Crippen LogP contribution in [0.2, 0.25) is 0 Å². The molecule has 0 fully saturated rings. The zero-order valence-corrected chi connectivity index (χ0v) is 10.1. The Labute approximate surface area is 103 Å². The van der Waals surface area contributed by atoms with E-state index in [4.69, 9.17) is 4.74 Å². The van der Waals surface area contributed by atoms with Crippen LogP contribution in [-0.2, 0) is 4.74 Å². The minimum atomic E-state index is -0.361. The lowest BCUT2D eigenvalue weighted by Crippen LogP contribution is -2.01. The largest absolute Gasteiger partial charge is 0.462 e. The number of carbonyl (C=O) groups is 1. The molecule has 2 nitrogen and oxygen atoms in total. The molecule has 0 bridgehead atoms. The molecule has 1 heterocycles. The van der Waals surface area contributed by atoms with Gasteiger partial charge < -0.3 is 4.74 Å². The van der Waals surface area contributed by atoms with Crippen LogP contribution >= 0.6 is 11.3 Å². The summed E-state index contributed by atoms with van der Waals surface area (Å²) in [5.41, 5.74) is 0.507. The third-order valence-electron chi connectivity index (χ3n) is 2.22. The minimum Gasteiger partial charge on any atom is -0.462 e. The van der Waals surface area contributed by atoms with Crippen LogP contribution in [0.4, 0.5) is 4.39 Å². The molecule has 4 heteroatoms. The first-order valence-electron chi connectivity index (χ1n) is 5.24. The molecule has 0 saturated carbocycles. The summed E-state index contributed by atoms with van der Waals surface area (Å²) in [6.45, 7) is 2.09. The Hall–Kier alpha value is -1.68. The molecular formula is C13H11FO2S. The lowest BCUT2D eigenvalue weighted by atomic mass is 10.2. The summed E-state index contributed by atoms with van der Waals surface area (Å²) in [5.74, 6) is -0.648. The number of benzene rings is 1. The van der Waals surface area contributed by atoms with Gasteiger partial charge >= 0.3 is 5.97 Å². The molecule has 0 unspecified atom stereocenters. The summed E-state index contributed by atoms with van der Waals surface area (Å²) in [5, 5.41) is 0. The van der Waals surface area contributed by atoms with Gasteiger partial charge in [0.1, 0.15) is 10.7 Å². The molecule has 0 saturated heterocycles. The van der Waals surface area contributed by atoms with Crippen LogP contribution in [0.3, 0.4) is 0 Å². The maximum absolute atomic E-state index is 13.5. The summed E-state index contributed by atoms with van der Waals surface area (Å²) in [6.07, 6.45) is 0. The number of hydrogen-bond acceptors (Lipinski definition) is 3. The van der Waals surface area contributed by atoms with Crippen molar-refractivity contribution in [3.8, 4) is 10.4 Å². The van der Waals surface area contributed by atoms with Gasteiger partial charge in [-0.2, -0.15) is 0 Å². The van der Waals surface area contributed by atoms with Crippen molar-refractivity contribution in [3.05, 3.63) is 47.1 Å². The van der Waals surface area contributed by atoms with E-state index in [0.29, 0.717) is 17.0 Å². The van der Waals surface area contributed by atoms with E-state index >= 15 is 0 Å². The first kappa shape index (κ1) is 11.8. The van der Waals surface area contributed by atoms with E-state index in [9.17, 15) is 9.18 Å². The van der Waals surface area contributed by atoms with Gasteiger partial charge in [-0.15, -0.1) is 11.3 Å². The number of ether oxygens (including phenoxy) is 1. The van der Waals surface area contributed by atoms with Gasteiger partial charge in [0, 0.05) is 10.4 Å². The van der Waals surface area contributed by atoms with Crippen molar-refractivity contribution >= 4 is 17.3 Å². The predicted octanol–water partition coefficient (Wildman–Crippen LogP) is 3.73. The minimum absolute atomic E-state index is 0.287. The zero-order valence-electron chi connectivity index (χ0n) is 9.27. The second kappa shape index (κ2) is 5.10. The average Bonchev–Trinajstić information content (AvgIpc) is 2.79. The predicted molar refractivity (Wildman–Crippen MR) is 65.7 cm³/mol. The fraction of sp³-hybridized carbons (Fsp3) is 0.154. The summed E-state index contributed by atoms with van der Waals surface area (Å²) in [6, 6.07) is 9.88. The Bertz CT molecular complexity index is 534. The summed E-state index contributed by atoms with van der Waals surface area (Å²) < 4.78 is 18.4. The van der Waals surface area contributed by atoms with Crippen molar-refractivity contribution in [2.45, 2.75) is 6.92 Å². The maximum atomic E-state index is 13.5. The molecular weight excluding hydrogens is 239 g/mol. The molecule has 0 aliphatic carbocycles. The third-order valence-corrected chi connectivity index (χ3v) is 3.32. The Morgan fingerprint density at radius 2 is 2.06 bits per heavy atom. The quantitative estimate of drug-likeness (QED) is 0.776. The Balaban J connectivity index is 2.30. The maximum Gasteiger partial charge on any atom is 0.348 e. The van der Waals surface area contributed by atoms with Crippen molar-refractivity contribution in [2.75, 3.05) is 6.61 Å². The fourth-order valence-electron chi connectivity index (χ4n) is 1.46. The van der Waals surface area contributed by atoms with E-state index < -0.39 is 0 Å². The number of halogens is 1. The first-order valence-corrected chi connectivity index (χ1v) is 6.06. The van der Waals surface area contributed by atoms with Crippen LogP contribution in [0.5, 0.6) is 0 Å². The summed E-state index contributed by atoms with van der Waals surface area (Å²) in [4.78, 5) is 12.7. The van der Waals surface area contributed by atoms with Gasteiger partial charge in [0.2, 0.25) is 0 Å². The van der Waals surface area contributed by atoms with E-state index in [1.54, 1.807) is 37.3 Å². The van der Waals surface area contributed by atoms with Crippen LogP contribution in [0.15, 0.2) is 36.4 Å². The van der Waals surface area contributed by atoms with Crippen molar-refractivity contribution in [2.24, 2.45) is 0 Å². The van der Waals surface area contributed by atoms with Gasteiger partial charge in [-0.3, -0.25) is 0 Å². The van der Waals surface area contributed by atoms with Gasteiger partial charge in [0.25, 0.3) is 0 Å². The van der Waals surface area contributed by atoms with E-state index in [-0.39, 0.29) is 11.8 Å². The topological polar surface area (TPSA) is 26.3 Å². The molecule has 17 heavy (non-hydrogen) atoms. The van der Waals surface area contributed by atoms with Crippen LogP contribution < -0.4 is 0 Å². The number of rotatable bonds is 3. The molecule has 1 aromatic heterocycles. The zero-order chi connectivity index (χ0) is 12.3. The average molecular weight is 250 g/mol. The lowest BCUT2D eigenvalue weighted by Gasteiger charge is -1.99. The highest BCUT2D eigenvalue weighted by atomic mass is 32.1. The molecule has 1 aromatic carbocycles. The van der Waals surface area contributed by atoms with E-state index in [1.165, 1.54) is 17.4 Å². The summed E-state index contributed by atoms with van der Waals surface area (Å²) in [7, 11) is 0. The van der Waals surface area contributed by atoms with Crippen LogP contribution in [0.25, 0.3) is 10.4 Å². The molecule has 0 amide bonds. The molecule has 0 aliphatic heterocycles. The molecule has 0 N–H and O–H groups in total. The van der Waals surface area contributed by atoms with Gasteiger partial charge in [-0.05, 0) is 25.1 Å². The van der Waals surface area contributed by atoms with E-state index in [2.05, 4.69) is 0 Å². The SMILES string of the molecule is CCOC(=O)c1ccc(-c2ccccc2F)s1. The van der Waals surface area contributed by atoms with Crippen molar-refractivity contribution in [1.82, 2.24) is 0 Å². The summed E-state index contributed by atoms with van der Waals surface area (Å²) >= 11 is 1.23. The Morgan fingerprint density at radius 1 is 1.29 bits per heavy atom. The number of hydrogen-bond donors (Lipinski definition) is 0. The second-order valence-corrected chi connectivity index (χ2v) is 4.45.